The highest BCUT2D eigenvalue weighted by Gasteiger charge is 2.37. The van der Waals surface area contributed by atoms with Gasteiger partial charge in [0.2, 0.25) is 12.7 Å². The first-order valence-corrected chi connectivity index (χ1v) is 8.63. The quantitative estimate of drug-likeness (QED) is 0.452. The molecule has 21 heavy (non-hydrogen) atoms. The normalized spacial score (nSPS) is 13.5. The molecule has 0 aromatic heterocycles. The van der Waals surface area contributed by atoms with Crippen LogP contribution in [-0.4, -0.2) is 11.6 Å². The molecule has 3 nitrogen and oxygen atoms in total. The summed E-state index contributed by atoms with van der Waals surface area (Å²) < 4.78 is 12.8. The Kier molecular flexibility index (Phi) is 4.90. The molecule has 1 atom stereocenters. The van der Waals surface area contributed by atoms with Gasteiger partial charge in [0.1, 0.15) is 0 Å². The molecule has 2 aromatic rings. The van der Waals surface area contributed by atoms with Crippen LogP contribution in [0.3, 0.4) is 0 Å². The lowest BCUT2D eigenvalue weighted by atomic mass is 10.2. The molecule has 0 aliphatic heterocycles. The van der Waals surface area contributed by atoms with Crippen molar-refractivity contribution in [2.24, 2.45) is 0 Å². The van der Waals surface area contributed by atoms with Crippen molar-refractivity contribution in [2.45, 2.75) is 0 Å². The molecular formula is C14H8Cl3O3P. The fourth-order valence-corrected chi connectivity index (χ4v) is 4.23. The first kappa shape index (κ1) is 16.3. The maximum absolute atomic E-state index is 12.8. The van der Waals surface area contributed by atoms with E-state index >= 15 is 0 Å². The minimum Gasteiger partial charge on any atom is -0.302 e. The third-order valence-electron chi connectivity index (χ3n) is 2.85. The highest BCUT2D eigenvalue weighted by Crippen LogP contribution is 2.48. The molecule has 0 heterocycles. The van der Waals surface area contributed by atoms with Gasteiger partial charge >= 0.3 is 0 Å². The fraction of sp³-hybridized carbons (Fsp3) is 0. The zero-order valence-electron chi connectivity index (χ0n) is 10.4. The van der Waals surface area contributed by atoms with E-state index < -0.39 is 12.7 Å². The largest absolute Gasteiger partial charge is 0.302 e. The minimum atomic E-state index is -3.99. The van der Waals surface area contributed by atoms with Crippen molar-refractivity contribution in [1.29, 1.82) is 0 Å². The topological polar surface area (TPSA) is 51.2 Å². The van der Waals surface area contributed by atoms with Crippen LogP contribution in [0.25, 0.3) is 0 Å². The Hall–Kier alpha value is -1.12. The summed E-state index contributed by atoms with van der Waals surface area (Å²) in [5.41, 5.74) is -1.13. The van der Waals surface area contributed by atoms with Crippen molar-refractivity contribution in [3.8, 4) is 0 Å². The molecule has 1 unspecified atom stereocenters. The Balaban J connectivity index is 2.66. The Morgan fingerprint density at radius 3 is 2.10 bits per heavy atom. The Labute approximate surface area is 136 Å². The van der Waals surface area contributed by atoms with Crippen molar-refractivity contribution in [2.75, 3.05) is 0 Å². The summed E-state index contributed by atoms with van der Waals surface area (Å²) in [5, 5.41) is 0.0895. The maximum atomic E-state index is 12.8. The third kappa shape index (κ3) is 2.93. The minimum absolute atomic E-state index is 0.00703. The number of halogens is 3. The molecule has 7 heteroatoms. The van der Waals surface area contributed by atoms with Crippen LogP contribution in [-0.2, 0) is 9.36 Å². The van der Waals surface area contributed by atoms with Gasteiger partial charge in [-0.05, 0) is 12.1 Å². The molecular weight excluding hydrogens is 353 g/mol. The zero-order valence-corrected chi connectivity index (χ0v) is 13.6. The van der Waals surface area contributed by atoms with Crippen molar-refractivity contribution in [3.63, 3.8) is 0 Å². The van der Waals surface area contributed by atoms with Crippen LogP contribution in [0.15, 0.2) is 42.5 Å². The molecule has 2 rings (SSSR count). The zero-order chi connectivity index (χ0) is 15.6. The average Bonchev–Trinajstić information content (AvgIpc) is 2.51. The van der Waals surface area contributed by atoms with Crippen molar-refractivity contribution in [3.05, 3.63) is 63.1 Å². The van der Waals surface area contributed by atoms with Gasteiger partial charge in [0.25, 0.3) is 0 Å². The van der Waals surface area contributed by atoms with E-state index in [2.05, 4.69) is 0 Å². The smallest absolute Gasteiger partial charge is 0.240 e. The molecule has 0 radical (unpaired) electrons. The summed E-state index contributed by atoms with van der Waals surface area (Å²) in [5.74, 6) is 0. The van der Waals surface area contributed by atoms with Gasteiger partial charge < -0.3 is 4.57 Å². The molecule has 0 aliphatic carbocycles. The van der Waals surface area contributed by atoms with Crippen LogP contribution in [0.1, 0.15) is 10.4 Å². The molecule has 108 valence electrons. The lowest BCUT2D eigenvalue weighted by molar-refractivity contribution is 0.107. The molecule has 0 aliphatic rings. The summed E-state index contributed by atoms with van der Waals surface area (Å²) in [4.78, 5) is 23.9. The number of hydrogen-bond acceptors (Lipinski definition) is 3. The second-order valence-electron chi connectivity index (χ2n) is 4.12. The third-order valence-corrected chi connectivity index (χ3v) is 6.16. The summed E-state index contributed by atoms with van der Waals surface area (Å²) in [7, 11) is -3.99. The van der Waals surface area contributed by atoms with Gasteiger partial charge in [-0.2, -0.15) is 0 Å². The van der Waals surface area contributed by atoms with Crippen molar-refractivity contribution in [1.82, 2.24) is 0 Å². The molecule has 0 spiro atoms. The Morgan fingerprint density at radius 2 is 1.52 bits per heavy atom. The maximum Gasteiger partial charge on any atom is 0.240 e. The van der Waals surface area contributed by atoms with Gasteiger partial charge in [0, 0.05) is 5.30 Å². The fourth-order valence-electron chi connectivity index (χ4n) is 1.76. The average molecular weight is 362 g/mol. The van der Waals surface area contributed by atoms with Gasteiger partial charge in [0.15, 0.2) is 6.03 Å². The second kappa shape index (κ2) is 6.33. The number of carbonyl (C=O) groups is 2. The lowest BCUT2D eigenvalue weighted by Crippen LogP contribution is -2.14. The van der Waals surface area contributed by atoms with Gasteiger partial charge in [-0.25, -0.2) is 0 Å². The standard InChI is InChI=1S/C14H8Cl3O3P/c15-10-6-7-11(16)13(17)12(10)14(19)21(20,8-18)9-4-2-1-3-5-9/h1-8H. The van der Waals surface area contributed by atoms with Crippen LogP contribution in [0.2, 0.25) is 15.1 Å². The molecule has 0 saturated heterocycles. The van der Waals surface area contributed by atoms with Gasteiger partial charge in [-0.3, -0.25) is 9.59 Å². The van der Waals surface area contributed by atoms with E-state index in [4.69, 9.17) is 34.8 Å². The summed E-state index contributed by atoms with van der Waals surface area (Å²) in [6.07, 6.45) is 0. The van der Waals surface area contributed by atoms with E-state index in [1.807, 2.05) is 0 Å². The van der Waals surface area contributed by atoms with Gasteiger partial charge in [-0.15, -0.1) is 0 Å². The number of benzene rings is 2. The summed E-state index contributed by atoms with van der Waals surface area (Å²) >= 11 is 17.8. The molecule has 0 fully saturated rings. The monoisotopic (exact) mass is 360 g/mol. The first-order chi connectivity index (χ1) is 9.91. The van der Waals surface area contributed by atoms with Gasteiger partial charge in [0.05, 0.1) is 20.6 Å². The van der Waals surface area contributed by atoms with E-state index in [0.717, 1.165) is 0 Å². The van der Waals surface area contributed by atoms with Crippen LogP contribution in [0.4, 0.5) is 0 Å². The van der Waals surface area contributed by atoms with Crippen LogP contribution in [0.5, 0.6) is 0 Å². The summed E-state index contributed by atoms with van der Waals surface area (Å²) in [6.45, 7) is 0. The Bertz CT molecular complexity index is 760. The van der Waals surface area contributed by atoms with Crippen LogP contribution >= 0.6 is 41.9 Å². The van der Waals surface area contributed by atoms with Crippen molar-refractivity contribution < 1.29 is 14.2 Å². The molecule has 0 amide bonds. The van der Waals surface area contributed by atoms with E-state index in [1.165, 1.54) is 24.3 Å². The predicted molar refractivity (Wildman–Crippen MR) is 86.2 cm³/mol. The second-order valence-corrected chi connectivity index (χ2v) is 7.76. The Morgan fingerprint density at radius 1 is 0.952 bits per heavy atom. The molecule has 0 N–H and O–H groups in total. The van der Waals surface area contributed by atoms with Crippen LogP contribution < -0.4 is 5.30 Å². The van der Waals surface area contributed by atoms with Crippen molar-refractivity contribution >= 4 is 58.8 Å². The lowest BCUT2D eigenvalue weighted by Gasteiger charge is -2.13. The van der Waals surface area contributed by atoms with E-state index in [0.29, 0.717) is 0 Å². The molecule has 0 saturated carbocycles. The van der Waals surface area contributed by atoms with Gasteiger partial charge in [-0.1, -0.05) is 65.1 Å². The number of hydrogen-bond donors (Lipinski definition) is 0. The SMILES string of the molecule is O=CP(=O)(C(=O)c1c(Cl)ccc(Cl)c1Cl)c1ccccc1. The summed E-state index contributed by atoms with van der Waals surface area (Å²) in [6, 6.07) is 10.7. The van der Waals surface area contributed by atoms with Crippen LogP contribution in [0, 0.1) is 0 Å². The first-order valence-electron chi connectivity index (χ1n) is 5.72. The highest BCUT2D eigenvalue weighted by molar-refractivity contribution is 7.98. The predicted octanol–water partition coefficient (Wildman–Crippen LogP) is 4.67. The number of rotatable bonds is 4. The van der Waals surface area contributed by atoms with E-state index in [1.54, 1.807) is 18.2 Å². The molecule has 0 bridgehead atoms. The molecule has 2 aromatic carbocycles. The van der Waals surface area contributed by atoms with E-state index in [9.17, 15) is 14.2 Å². The van der Waals surface area contributed by atoms with E-state index in [-0.39, 0.29) is 32.0 Å². The number of carbonyl (C=O) groups excluding carboxylic acids is 2. The highest BCUT2D eigenvalue weighted by atomic mass is 35.5.